The number of rotatable bonds is 4. The summed E-state index contributed by atoms with van der Waals surface area (Å²) in [7, 11) is 1.21. The fourth-order valence-corrected chi connectivity index (χ4v) is 5.58. The summed E-state index contributed by atoms with van der Waals surface area (Å²) in [5.74, 6) is -2.06. The number of halogens is 2. The normalized spacial score (nSPS) is 17.1. The van der Waals surface area contributed by atoms with Crippen molar-refractivity contribution in [3.8, 4) is 11.3 Å². The molecule has 1 saturated carbocycles. The Kier molecular flexibility index (Phi) is 6.74. The second kappa shape index (κ2) is 9.79. The van der Waals surface area contributed by atoms with E-state index >= 15 is 4.39 Å². The molecule has 1 aliphatic carbocycles. The van der Waals surface area contributed by atoms with Gasteiger partial charge in [0.1, 0.15) is 5.82 Å². The minimum Gasteiger partial charge on any atom is -0.465 e. The highest BCUT2D eigenvalue weighted by Gasteiger charge is 2.42. The number of hydrogen-bond acceptors (Lipinski definition) is 5. The Labute approximate surface area is 230 Å². The van der Waals surface area contributed by atoms with E-state index in [2.05, 4.69) is 5.10 Å². The van der Waals surface area contributed by atoms with E-state index in [0.717, 1.165) is 24.5 Å². The van der Waals surface area contributed by atoms with Gasteiger partial charge in [0.25, 0.3) is 5.91 Å². The summed E-state index contributed by atoms with van der Waals surface area (Å²) in [6.07, 6.45) is 0.765. The summed E-state index contributed by atoms with van der Waals surface area (Å²) in [5, 5.41) is 14.8. The molecule has 1 atom stereocenters. The number of amides is 1. The molecule has 8 nitrogen and oxygen atoms in total. The summed E-state index contributed by atoms with van der Waals surface area (Å²) in [4.78, 5) is 39.5. The first-order valence-electron chi connectivity index (χ1n) is 12.7. The Morgan fingerprint density at radius 1 is 1.15 bits per heavy atom. The highest BCUT2D eigenvalue weighted by Crippen LogP contribution is 2.47. The van der Waals surface area contributed by atoms with Gasteiger partial charge in [-0.25, -0.2) is 14.0 Å². The molecule has 0 bridgehead atoms. The molecule has 10 heteroatoms. The van der Waals surface area contributed by atoms with Crippen LogP contribution in [-0.4, -0.2) is 51.4 Å². The van der Waals surface area contributed by atoms with Crippen molar-refractivity contribution in [2.24, 2.45) is 5.41 Å². The zero-order valence-corrected chi connectivity index (χ0v) is 22.9. The molecule has 1 aliphatic heterocycles. The van der Waals surface area contributed by atoms with Gasteiger partial charge in [-0.1, -0.05) is 44.5 Å². The van der Waals surface area contributed by atoms with Crippen LogP contribution in [0.1, 0.15) is 83.0 Å². The van der Waals surface area contributed by atoms with Crippen molar-refractivity contribution < 1.29 is 28.6 Å². The van der Waals surface area contributed by atoms with E-state index in [9.17, 15) is 19.5 Å². The first-order valence-corrected chi connectivity index (χ1v) is 13.1. The Bertz CT molecular complexity index is 1510. The van der Waals surface area contributed by atoms with Crippen molar-refractivity contribution in [3.05, 3.63) is 75.2 Å². The molecule has 1 aromatic heterocycles. The molecule has 3 aromatic rings. The van der Waals surface area contributed by atoms with Crippen LogP contribution in [0.5, 0.6) is 0 Å². The van der Waals surface area contributed by atoms with Crippen molar-refractivity contribution in [2.75, 3.05) is 13.7 Å². The number of nitrogens with zero attached hydrogens (tertiary/aromatic N) is 3. The van der Waals surface area contributed by atoms with Gasteiger partial charge in [0.2, 0.25) is 0 Å². The van der Waals surface area contributed by atoms with Crippen LogP contribution in [0.2, 0.25) is 5.02 Å². The minimum absolute atomic E-state index is 0.0395. The largest absolute Gasteiger partial charge is 0.465 e. The average molecular weight is 554 g/mol. The molecule has 1 fully saturated rings. The van der Waals surface area contributed by atoms with Crippen molar-refractivity contribution in [3.63, 3.8) is 0 Å². The van der Waals surface area contributed by atoms with Crippen LogP contribution in [-0.2, 0) is 11.3 Å². The molecular formula is C29H29ClFN3O5. The molecular weight excluding hydrogens is 525 g/mol. The van der Waals surface area contributed by atoms with Gasteiger partial charge >= 0.3 is 12.1 Å². The quantitative estimate of drug-likeness (QED) is 0.379. The van der Waals surface area contributed by atoms with Gasteiger partial charge in [-0.05, 0) is 54.0 Å². The van der Waals surface area contributed by atoms with E-state index in [4.69, 9.17) is 16.3 Å². The average Bonchev–Trinajstić information content (AvgIpc) is 3.67. The van der Waals surface area contributed by atoms with E-state index in [0.29, 0.717) is 16.8 Å². The van der Waals surface area contributed by atoms with Gasteiger partial charge in [-0.2, -0.15) is 9.78 Å². The molecule has 39 heavy (non-hydrogen) atoms. The van der Waals surface area contributed by atoms with Gasteiger partial charge in [-0.15, -0.1) is 0 Å². The summed E-state index contributed by atoms with van der Waals surface area (Å²) in [5.41, 5.74) is 2.05. The zero-order valence-electron chi connectivity index (χ0n) is 22.1. The molecule has 5 rings (SSSR count). The fraction of sp³-hybridized carbons (Fsp3) is 0.379. The van der Waals surface area contributed by atoms with Crippen LogP contribution in [0.4, 0.5) is 9.18 Å². The molecule has 2 heterocycles. The van der Waals surface area contributed by atoms with Gasteiger partial charge < -0.3 is 14.7 Å². The summed E-state index contributed by atoms with van der Waals surface area (Å²) in [6, 6.07) is 9.27. The standard InChI is InChI=1S/C29H29ClFN3O5/c1-29(2,3)19-13-33(28(37)38)14-22-24(19)25(18-11-10-16(12-21(18)31)27(36)39-4)32-34(22)26(35)23-17(15-8-9-15)6-5-7-20(23)30/h5-7,10-12,15,19H,8-9,13-14H2,1-4H3,(H,37,38). The van der Waals surface area contributed by atoms with E-state index in [1.165, 1.54) is 28.8 Å². The SMILES string of the molecule is COC(=O)c1ccc(-c2nn(C(=O)c3c(Cl)cccc3C3CC3)c3c2C(C(C)(C)C)CN(C(=O)O)C3)c(F)c1. The maximum absolute atomic E-state index is 15.5. The van der Waals surface area contributed by atoms with Crippen LogP contribution in [0, 0.1) is 11.2 Å². The number of fused-ring (bicyclic) bond motifs is 1. The number of methoxy groups -OCH3 is 1. The Hall–Kier alpha value is -3.72. The van der Waals surface area contributed by atoms with Crippen LogP contribution in [0.3, 0.4) is 0 Å². The third-order valence-electron chi connectivity index (χ3n) is 7.54. The van der Waals surface area contributed by atoms with Crippen molar-refractivity contribution in [1.82, 2.24) is 14.7 Å². The van der Waals surface area contributed by atoms with Crippen molar-refractivity contribution >= 4 is 29.6 Å². The Morgan fingerprint density at radius 3 is 2.46 bits per heavy atom. The zero-order chi connectivity index (χ0) is 28.2. The molecule has 0 saturated heterocycles. The number of benzene rings is 2. The number of carbonyl (C=O) groups excluding carboxylic acids is 2. The maximum Gasteiger partial charge on any atom is 0.407 e. The molecule has 2 aromatic carbocycles. The third-order valence-corrected chi connectivity index (χ3v) is 7.86. The molecule has 204 valence electrons. The highest BCUT2D eigenvalue weighted by molar-refractivity contribution is 6.34. The molecule has 1 amide bonds. The summed E-state index contributed by atoms with van der Waals surface area (Å²) >= 11 is 6.55. The van der Waals surface area contributed by atoms with Crippen LogP contribution in [0.25, 0.3) is 11.3 Å². The summed E-state index contributed by atoms with van der Waals surface area (Å²) < 4.78 is 21.4. The fourth-order valence-electron chi connectivity index (χ4n) is 5.32. The van der Waals surface area contributed by atoms with Gasteiger partial charge in [0.15, 0.2) is 0 Å². The lowest BCUT2D eigenvalue weighted by Crippen LogP contribution is -2.42. The van der Waals surface area contributed by atoms with E-state index < -0.39 is 35.1 Å². The smallest absolute Gasteiger partial charge is 0.407 e. The minimum atomic E-state index is -1.12. The molecule has 2 aliphatic rings. The molecule has 0 radical (unpaired) electrons. The third kappa shape index (κ3) is 4.80. The van der Waals surface area contributed by atoms with Crippen LogP contribution < -0.4 is 0 Å². The lowest BCUT2D eigenvalue weighted by Gasteiger charge is -2.39. The van der Waals surface area contributed by atoms with Gasteiger partial charge in [0.05, 0.1) is 41.2 Å². The number of ether oxygens (including phenoxy) is 1. The monoisotopic (exact) mass is 553 g/mol. The first-order chi connectivity index (χ1) is 18.4. The lowest BCUT2D eigenvalue weighted by atomic mass is 9.73. The second-order valence-electron chi connectivity index (χ2n) is 11.2. The van der Waals surface area contributed by atoms with Crippen LogP contribution >= 0.6 is 11.6 Å². The van der Waals surface area contributed by atoms with Gasteiger partial charge in [0, 0.05) is 23.6 Å². The van der Waals surface area contributed by atoms with E-state index in [-0.39, 0.29) is 40.9 Å². The molecule has 1 unspecified atom stereocenters. The van der Waals surface area contributed by atoms with Crippen LogP contribution in [0.15, 0.2) is 36.4 Å². The number of carbonyl (C=O) groups is 3. The number of carboxylic acid groups (broad SMARTS) is 1. The predicted octanol–water partition coefficient (Wildman–Crippen LogP) is 6.32. The lowest BCUT2D eigenvalue weighted by molar-refractivity contribution is 0.0600. The topological polar surface area (TPSA) is 102 Å². The molecule has 0 spiro atoms. The van der Waals surface area contributed by atoms with Gasteiger partial charge in [-0.3, -0.25) is 4.79 Å². The molecule has 1 N–H and O–H groups in total. The Morgan fingerprint density at radius 2 is 1.87 bits per heavy atom. The van der Waals surface area contributed by atoms with Crippen molar-refractivity contribution in [2.45, 2.75) is 52.0 Å². The second-order valence-corrected chi connectivity index (χ2v) is 11.6. The predicted molar refractivity (Wildman–Crippen MR) is 143 cm³/mol. The highest BCUT2D eigenvalue weighted by atomic mass is 35.5. The van der Waals surface area contributed by atoms with Crippen molar-refractivity contribution in [1.29, 1.82) is 0 Å². The number of esters is 1. The first kappa shape index (κ1) is 26.9. The Balaban J connectivity index is 1.76. The number of hydrogen-bond donors (Lipinski definition) is 1. The summed E-state index contributed by atoms with van der Waals surface area (Å²) in [6.45, 7) is 5.95. The van der Waals surface area contributed by atoms with E-state index in [1.54, 1.807) is 12.1 Å². The maximum atomic E-state index is 15.5. The number of aromatic nitrogens is 2. The van der Waals surface area contributed by atoms with E-state index in [1.807, 2.05) is 26.8 Å².